The summed E-state index contributed by atoms with van der Waals surface area (Å²) in [4.78, 5) is 25.1. The van der Waals surface area contributed by atoms with Crippen LogP contribution in [-0.2, 0) is 9.59 Å². The second-order valence-corrected chi connectivity index (χ2v) is 6.51. The summed E-state index contributed by atoms with van der Waals surface area (Å²) in [7, 11) is 0. The Morgan fingerprint density at radius 3 is 2.76 bits per heavy atom. The molecule has 0 unspecified atom stereocenters. The van der Waals surface area contributed by atoms with Crippen molar-refractivity contribution in [3.05, 3.63) is 28.2 Å². The number of carbonyl (C=O) groups excluding carboxylic acids is 1. The number of likely N-dealkylation sites (tertiary alicyclic amines) is 1. The molecule has 2 N–H and O–H groups in total. The predicted molar refractivity (Wildman–Crippen MR) is 80.9 cm³/mol. The second kappa shape index (κ2) is 6.87. The molecule has 1 saturated heterocycles. The number of β-amino-alcohol motifs (C(OH)–C–C–N with tert-alkyl or cyclic N) is 1. The molecule has 114 valence electrons. The van der Waals surface area contributed by atoms with Gasteiger partial charge in [0.05, 0.1) is 16.9 Å². The Labute approximate surface area is 135 Å². The number of hydrogen-bond donors (Lipinski definition) is 2. The summed E-state index contributed by atoms with van der Waals surface area (Å²) in [6, 6.07) is 3.96. The summed E-state index contributed by atoms with van der Waals surface area (Å²) in [5, 5.41) is 19.6. The number of aliphatic carboxylic acids is 1. The van der Waals surface area contributed by atoms with Gasteiger partial charge in [0, 0.05) is 22.9 Å². The van der Waals surface area contributed by atoms with Gasteiger partial charge in [-0.15, -0.1) is 11.8 Å². The fraction of sp³-hybridized carbons (Fsp3) is 0.385. The van der Waals surface area contributed by atoms with E-state index in [1.165, 1.54) is 16.7 Å². The summed E-state index contributed by atoms with van der Waals surface area (Å²) in [5.41, 5.74) is 0. The van der Waals surface area contributed by atoms with E-state index in [0.717, 1.165) is 0 Å². The Balaban J connectivity index is 2.01. The first-order valence-electron chi connectivity index (χ1n) is 6.16. The van der Waals surface area contributed by atoms with Crippen molar-refractivity contribution in [3.8, 4) is 0 Å². The third-order valence-electron chi connectivity index (χ3n) is 3.13. The lowest BCUT2D eigenvalue weighted by molar-refractivity contribution is -0.147. The molecule has 0 saturated carbocycles. The molecule has 8 heteroatoms. The number of aliphatic hydroxyl groups excluding tert-OH is 1. The van der Waals surface area contributed by atoms with Gasteiger partial charge in [0.25, 0.3) is 0 Å². The van der Waals surface area contributed by atoms with Crippen LogP contribution in [0.15, 0.2) is 23.1 Å². The molecule has 2 atom stereocenters. The first-order chi connectivity index (χ1) is 9.88. The first kappa shape index (κ1) is 16.4. The zero-order chi connectivity index (χ0) is 15.6. The molecule has 1 aromatic carbocycles. The van der Waals surface area contributed by atoms with Crippen molar-refractivity contribution in [2.45, 2.75) is 23.5 Å². The van der Waals surface area contributed by atoms with Gasteiger partial charge in [0.15, 0.2) is 0 Å². The number of rotatable bonds is 4. The van der Waals surface area contributed by atoms with Gasteiger partial charge >= 0.3 is 5.97 Å². The molecular weight excluding hydrogens is 337 g/mol. The molecular formula is C13H13Cl2NO4S. The molecule has 0 bridgehead atoms. The van der Waals surface area contributed by atoms with Gasteiger partial charge in [-0.3, -0.25) is 4.79 Å². The lowest BCUT2D eigenvalue weighted by Gasteiger charge is -2.21. The molecule has 1 fully saturated rings. The maximum Gasteiger partial charge on any atom is 0.326 e. The number of aliphatic hydroxyl groups is 1. The minimum atomic E-state index is -1.11. The molecule has 1 heterocycles. The molecule has 1 aliphatic rings. The molecule has 2 rings (SSSR count). The second-order valence-electron chi connectivity index (χ2n) is 4.65. The molecule has 1 aromatic rings. The van der Waals surface area contributed by atoms with Crippen LogP contribution in [0, 0.1) is 0 Å². The van der Waals surface area contributed by atoms with E-state index in [0.29, 0.717) is 14.9 Å². The largest absolute Gasteiger partial charge is 0.480 e. The lowest BCUT2D eigenvalue weighted by Crippen LogP contribution is -2.41. The number of benzene rings is 1. The minimum Gasteiger partial charge on any atom is -0.480 e. The third kappa shape index (κ3) is 4.03. The number of thioether (sulfide) groups is 1. The van der Waals surface area contributed by atoms with Gasteiger partial charge in [-0.2, -0.15) is 0 Å². The van der Waals surface area contributed by atoms with Gasteiger partial charge in [0.1, 0.15) is 6.04 Å². The highest BCUT2D eigenvalue weighted by Gasteiger charge is 2.38. The number of hydrogen-bond acceptors (Lipinski definition) is 4. The van der Waals surface area contributed by atoms with Crippen LogP contribution in [0.5, 0.6) is 0 Å². The van der Waals surface area contributed by atoms with Crippen LogP contribution in [0.25, 0.3) is 0 Å². The average molecular weight is 350 g/mol. The zero-order valence-electron chi connectivity index (χ0n) is 10.8. The summed E-state index contributed by atoms with van der Waals surface area (Å²) < 4.78 is 0. The van der Waals surface area contributed by atoms with Crippen LogP contribution in [0.3, 0.4) is 0 Å². The molecule has 1 amide bonds. The number of carboxylic acids is 1. The Bertz CT molecular complexity index is 569. The smallest absolute Gasteiger partial charge is 0.326 e. The Morgan fingerprint density at radius 1 is 1.38 bits per heavy atom. The first-order valence-corrected chi connectivity index (χ1v) is 7.91. The van der Waals surface area contributed by atoms with E-state index < -0.39 is 18.1 Å². The number of carboxylic acid groups (broad SMARTS) is 1. The third-order valence-corrected chi connectivity index (χ3v) is 4.85. The minimum absolute atomic E-state index is 0.0383. The number of carbonyl (C=O) groups is 2. The van der Waals surface area contributed by atoms with E-state index in [4.69, 9.17) is 28.3 Å². The number of amides is 1. The summed E-state index contributed by atoms with van der Waals surface area (Å²) >= 11 is 13.1. The van der Waals surface area contributed by atoms with E-state index >= 15 is 0 Å². The van der Waals surface area contributed by atoms with Crippen LogP contribution in [0.1, 0.15) is 6.42 Å². The van der Waals surface area contributed by atoms with Crippen LogP contribution >= 0.6 is 35.0 Å². The van der Waals surface area contributed by atoms with E-state index in [2.05, 4.69) is 0 Å². The fourth-order valence-corrected chi connectivity index (χ4v) is 3.51. The lowest BCUT2D eigenvalue weighted by atomic mass is 10.2. The zero-order valence-corrected chi connectivity index (χ0v) is 13.2. The average Bonchev–Trinajstić information content (AvgIpc) is 2.82. The van der Waals surface area contributed by atoms with Gasteiger partial charge in [0.2, 0.25) is 5.91 Å². The molecule has 0 aliphatic carbocycles. The van der Waals surface area contributed by atoms with Crippen LogP contribution in [0.4, 0.5) is 0 Å². The quantitative estimate of drug-likeness (QED) is 0.814. The van der Waals surface area contributed by atoms with Crippen LogP contribution < -0.4 is 0 Å². The molecule has 5 nitrogen and oxygen atoms in total. The van der Waals surface area contributed by atoms with E-state index in [-0.39, 0.29) is 24.6 Å². The van der Waals surface area contributed by atoms with Crippen molar-refractivity contribution < 1.29 is 19.8 Å². The number of halogens is 2. The molecule has 1 aliphatic heterocycles. The normalized spacial score (nSPS) is 21.6. The summed E-state index contributed by atoms with van der Waals surface area (Å²) in [6.45, 7) is 0.0413. The topological polar surface area (TPSA) is 77.8 Å². The van der Waals surface area contributed by atoms with Gasteiger partial charge in [-0.05, 0) is 18.2 Å². The van der Waals surface area contributed by atoms with Crippen molar-refractivity contribution in [1.29, 1.82) is 0 Å². The Kier molecular flexibility index (Phi) is 5.37. The molecule has 0 radical (unpaired) electrons. The van der Waals surface area contributed by atoms with Crippen LogP contribution in [-0.4, -0.2) is 51.4 Å². The van der Waals surface area contributed by atoms with E-state index in [1.807, 2.05) is 0 Å². The SMILES string of the molecule is O=C(O)[C@@H]1C[C@H](O)CN1C(=O)CSc1cc(Cl)ccc1Cl. The van der Waals surface area contributed by atoms with Crippen molar-refractivity contribution in [2.24, 2.45) is 0 Å². The highest BCUT2D eigenvalue weighted by molar-refractivity contribution is 8.00. The van der Waals surface area contributed by atoms with E-state index in [9.17, 15) is 14.7 Å². The maximum atomic E-state index is 12.1. The van der Waals surface area contributed by atoms with Crippen molar-refractivity contribution in [1.82, 2.24) is 4.90 Å². The van der Waals surface area contributed by atoms with E-state index in [1.54, 1.807) is 18.2 Å². The fourth-order valence-electron chi connectivity index (χ4n) is 2.13. The summed E-state index contributed by atoms with van der Waals surface area (Å²) in [6.07, 6.45) is -0.737. The standard InChI is InChI=1S/C13H13Cl2NO4S/c14-7-1-2-9(15)11(3-7)21-6-12(18)16-5-8(17)4-10(16)13(19)20/h1-3,8,10,17H,4-6H2,(H,19,20)/t8-,10-/m0/s1. The molecule has 0 spiro atoms. The monoisotopic (exact) mass is 349 g/mol. The highest BCUT2D eigenvalue weighted by atomic mass is 35.5. The predicted octanol–water partition coefficient (Wildman–Crippen LogP) is 2.13. The Hall–Kier alpha value is -0.950. The Morgan fingerprint density at radius 2 is 2.10 bits per heavy atom. The van der Waals surface area contributed by atoms with Crippen molar-refractivity contribution in [2.75, 3.05) is 12.3 Å². The molecule has 21 heavy (non-hydrogen) atoms. The van der Waals surface area contributed by atoms with Gasteiger partial charge in [-0.1, -0.05) is 23.2 Å². The summed E-state index contributed by atoms with van der Waals surface area (Å²) in [5.74, 6) is -1.41. The van der Waals surface area contributed by atoms with Crippen LogP contribution in [0.2, 0.25) is 10.0 Å². The van der Waals surface area contributed by atoms with Crippen molar-refractivity contribution in [3.63, 3.8) is 0 Å². The molecule has 0 aromatic heterocycles. The number of nitrogens with zero attached hydrogens (tertiary/aromatic N) is 1. The van der Waals surface area contributed by atoms with Gasteiger partial charge < -0.3 is 15.1 Å². The van der Waals surface area contributed by atoms with Crippen molar-refractivity contribution >= 4 is 46.8 Å². The maximum absolute atomic E-state index is 12.1. The highest BCUT2D eigenvalue weighted by Crippen LogP contribution is 2.30. The van der Waals surface area contributed by atoms with Gasteiger partial charge in [-0.25, -0.2) is 4.79 Å².